The van der Waals surface area contributed by atoms with E-state index in [4.69, 9.17) is 28.7 Å². The SMILES string of the molecule is COc1ccc2cc1Oc1ccc(cc1)C[C@H]1c3c(c(O)c(OC)c4c3Oc3cc5c(cc3O4)CCN=C5C2)CCN1C. The molecule has 5 heterocycles. The quantitative estimate of drug-likeness (QED) is 0.248. The number of rotatable bonds is 2. The number of benzene rings is 4. The zero-order chi connectivity index (χ0) is 29.2. The van der Waals surface area contributed by atoms with Crippen molar-refractivity contribution in [3.63, 3.8) is 0 Å². The van der Waals surface area contributed by atoms with Crippen LogP contribution in [0.4, 0.5) is 0 Å². The highest BCUT2D eigenvalue weighted by Crippen LogP contribution is 2.59. The number of hydrogen-bond donors (Lipinski definition) is 1. The van der Waals surface area contributed by atoms with Gasteiger partial charge < -0.3 is 28.8 Å². The van der Waals surface area contributed by atoms with Crippen LogP contribution in [0, 0.1) is 0 Å². The van der Waals surface area contributed by atoms with Crippen LogP contribution in [-0.4, -0.2) is 50.1 Å². The van der Waals surface area contributed by atoms with Gasteiger partial charge in [0.25, 0.3) is 0 Å². The number of aliphatic imine (C=N–C) groups is 1. The first-order valence-corrected chi connectivity index (χ1v) is 14.7. The number of phenolic OH excluding ortho intramolecular Hbond substituents is 1. The fourth-order valence-corrected chi connectivity index (χ4v) is 6.80. The fourth-order valence-electron chi connectivity index (χ4n) is 6.80. The minimum Gasteiger partial charge on any atom is -0.504 e. The zero-order valence-electron chi connectivity index (χ0n) is 24.4. The van der Waals surface area contributed by atoms with Crippen LogP contribution in [0.1, 0.15) is 39.4 Å². The molecule has 43 heavy (non-hydrogen) atoms. The van der Waals surface area contributed by atoms with Crippen LogP contribution in [0.15, 0.2) is 59.6 Å². The lowest BCUT2D eigenvalue weighted by atomic mass is 9.86. The number of ether oxygens (including phenoxy) is 5. The van der Waals surface area contributed by atoms with Crippen LogP contribution in [0.5, 0.6) is 51.7 Å². The molecule has 0 unspecified atom stereocenters. The van der Waals surface area contributed by atoms with Gasteiger partial charge in [-0.05, 0) is 79.4 Å². The van der Waals surface area contributed by atoms with Gasteiger partial charge in [0.05, 0.1) is 14.2 Å². The lowest BCUT2D eigenvalue weighted by Crippen LogP contribution is -2.34. The summed E-state index contributed by atoms with van der Waals surface area (Å²) in [5, 5.41) is 11.5. The van der Waals surface area contributed by atoms with Gasteiger partial charge in [0, 0.05) is 48.0 Å². The Balaban J connectivity index is 1.34. The van der Waals surface area contributed by atoms with Gasteiger partial charge in [0.15, 0.2) is 34.5 Å². The van der Waals surface area contributed by atoms with Gasteiger partial charge in [-0.15, -0.1) is 0 Å². The maximum Gasteiger partial charge on any atom is 0.216 e. The molecule has 0 aliphatic carbocycles. The lowest BCUT2D eigenvalue weighted by Gasteiger charge is -2.38. The normalized spacial score (nSPS) is 18.0. The van der Waals surface area contributed by atoms with Crippen molar-refractivity contribution >= 4 is 5.71 Å². The third-order valence-electron chi connectivity index (χ3n) is 9.04. The van der Waals surface area contributed by atoms with E-state index in [1.165, 1.54) is 0 Å². The van der Waals surface area contributed by atoms with Crippen molar-refractivity contribution in [2.45, 2.75) is 31.7 Å². The highest BCUT2D eigenvalue weighted by Gasteiger charge is 2.39. The molecule has 8 heteroatoms. The molecule has 0 spiro atoms. The van der Waals surface area contributed by atoms with E-state index in [2.05, 4.69) is 36.2 Å². The Hall–Kier alpha value is -4.69. The van der Waals surface area contributed by atoms with E-state index in [-0.39, 0.29) is 11.8 Å². The number of aromatic hydroxyl groups is 1. The summed E-state index contributed by atoms with van der Waals surface area (Å²) in [4.78, 5) is 7.25. The van der Waals surface area contributed by atoms with E-state index >= 15 is 0 Å². The van der Waals surface area contributed by atoms with Gasteiger partial charge in [-0.25, -0.2) is 0 Å². The molecular formula is C35H32N2O6. The summed E-state index contributed by atoms with van der Waals surface area (Å²) < 4.78 is 31.0. The average molecular weight is 577 g/mol. The van der Waals surface area contributed by atoms with Crippen molar-refractivity contribution < 1.29 is 28.8 Å². The standard InChI is InChI=1S/C35H32N2O6/c1-37-13-11-23-31-26(37)15-19-4-7-22(8-5-19)41-28-16-20(6-9-27(28)39-2)14-25-24-18-30-29(17-21(24)10-12-36-25)43-35(33(31)42-30)34(40-3)32(23)38/h4-9,16-18,26,38H,10-15H2,1-3H3/t26-/m0/s1. The van der Waals surface area contributed by atoms with Crippen LogP contribution in [0.2, 0.25) is 0 Å². The fraction of sp³-hybridized carbons (Fsp3) is 0.286. The number of nitrogens with zero attached hydrogens (tertiary/aromatic N) is 2. The maximum atomic E-state index is 11.5. The Labute approximate surface area is 250 Å². The molecule has 7 bridgehead atoms. The Kier molecular flexibility index (Phi) is 6.01. The molecule has 4 aromatic rings. The minimum atomic E-state index is -0.0587. The smallest absolute Gasteiger partial charge is 0.216 e. The van der Waals surface area contributed by atoms with Gasteiger partial charge in [0.1, 0.15) is 5.75 Å². The monoisotopic (exact) mass is 576 g/mol. The Morgan fingerprint density at radius 1 is 0.860 bits per heavy atom. The zero-order valence-corrected chi connectivity index (χ0v) is 24.4. The molecule has 5 aliphatic heterocycles. The molecule has 0 fully saturated rings. The Bertz CT molecular complexity index is 1810. The van der Waals surface area contributed by atoms with Crippen LogP contribution in [-0.2, 0) is 25.7 Å². The molecule has 4 aromatic carbocycles. The van der Waals surface area contributed by atoms with Crippen molar-refractivity contribution in [1.82, 2.24) is 4.90 Å². The molecule has 0 aromatic heterocycles. The van der Waals surface area contributed by atoms with Crippen molar-refractivity contribution in [2.75, 3.05) is 34.4 Å². The predicted octanol–water partition coefficient (Wildman–Crippen LogP) is 6.77. The van der Waals surface area contributed by atoms with E-state index in [0.29, 0.717) is 66.1 Å². The van der Waals surface area contributed by atoms with Gasteiger partial charge in [-0.2, -0.15) is 0 Å². The summed E-state index contributed by atoms with van der Waals surface area (Å²) in [5.41, 5.74) is 7.16. The third kappa shape index (κ3) is 4.19. The van der Waals surface area contributed by atoms with Gasteiger partial charge in [-0.1, -0.05) is 18.2 Å². The van der Waals surface area contributed by atoms with Gasteiger partial charge in [0.2, 0.25) is 11.5 Å². The van der Waals surface area contributed by atoms with Crippen LogP contribution < -0.4 is 23.7 Å². The number of likely N-dealkylation sites (N-methyl/N-ethyl adjacent to an activating group) is 1. The Morgan fingerprint density at radius 3 is 2.47 bits per heavy atom. The van der Waals surface area contributed by atoms with E-state index in [1.54, 1.807) is 14.2 Å². The molecule has 5 aliphatic rings. The van der Waals surface area contributed by atoms with E-state index in [0.717, 1.165) is 57.8 Å². The molecule has 0 saturated carbocycles. The van der Waals surface area contributed by atoms with Crippen molar-refractivity contribution in [3.8, 4) is 51.7 Å². The summed E-state index contributed by atoms with van der Waals surface area (Å²) in [5.74, 6) is 4.75. The molecule has 8 nitrogen and oxygen atoms in total. The van der Waals surface area contributed by atoms with Crippen LogP contribution in [0.3, 0.4) is 0 Å². The van der Waals surface area contributed by atoms with Crippen molar-refractivity contribution in [1.29, 1.82) is 0 Å². The number of hydrogen-bond acceptors (Lipinski definition) is 8. The first-order chi connectivity index (χ1) is 21.0. The molecule has 1 atom stereocenters. The molecule has 0 amide bonds. The second-order valence-corrected chi connectivity index (χ2v) is 11.5. The lowest BCUT2D eigenvalue weighted by molar-refractivity contribution is 0.216. The van der Waals surface area contributed by atoms with Crippen LogP contribution in [0.25, 0.3) is 0 Å². The molecule has 1 N–H and O–H groups in total. The molecule has 218 valence electrons. The number of phenols is 1. The third-order valence-corrected chi connectivity index (χ3v) is 9.04. The van der Waals surface area contributed by atoms with E-state index < -0.39 is 0 Å². The van der Waals surface area contributed by atoms with Crippen molar-refractivity contribution in [3.05, 3.63) is 88.0 Å². The summed E-state index contributed by atoms with van der Waals surface area (Å²) in [6.07, 6.45) is 2.81. The van der Waals surface area contributed by atoms with Crippen LogP contribution >= 0.6 is 0 Å². The van der Waals surface area contributed by atoms with Gasteiger partial charge >= 0.3 is 0 Å². The van der Waals surface area contributed by atoms with Crippen molar-refractivity contribution in [2.24, 2.45) is 4.99 Å². The largest absolute Gasteiger partial charge is 0.504 e. The topological polar surface area (TPSA) is 82.0 Å². The number of methoxy groups -OCH3 is 2. The predicted molar refractivity (Wildman–Crippen MR) is 162 cm³/mol. The molecule has 9 rings (SSSR count). The first-order valence-electron chi connectivity index (χ1n) is 14.7. The highest BCUT2D eigenvalue weighted by atomic mass is 16.6. The molecule has 0 saturated heterocycles. The summed E-state index contributed by atoms with van der Waals surface area (Å²) in [7, 11) is 5.32. The molecular weight excluding hydrogens is 544 g/mol. The number of fused-ring (bicyclic) bond motifs is 2. The van der Waals surface area contributed by atoms with E-state index in [1.807, 2.05) is 30.3 Å². The summed E-state index contributed by atoms with van der Waals surface area (Å²) in [6.45, 7) is 1.48. The maximum absolute atomic E-state index is 11.5. The summed E-state index contributed by atoms with van der Waals surface area (Å²) >= 11 is 0. The summed E-state index contributed by atoms with van der Waals surface area (Å²) in [6, 6.07) is 18.2. The Morgan fingerprint density at radius 2 is 1.65 bits per heavy atom. The first kappa shape index (κ1) is 26.0. The average Bonchev–Trinajstić information content (AvgIpc) is 3.01. The second-order valence-electron chi connectivity index (χ2n) is 11.5. The molecule has 0 radical (unpaired) electrons. The van der Waals surface area contributed by atoms with E-state index in [9.17, 15) is 5.11 Å². The van der Waals surface area contributed by atoms with Gasteiger partial charge in [-0.3, -0.25) is 9.89 Å². The minimum absolute atomic E-state index is 0.0587. The highest BCUT2D eigenvalue weighted by molar-refractivity contribution is 6.04. The second kappa shape index (κ2) is 9.95.